The monoisotopic (exact) mass is 368 g/mol. The number of hydrogen-bond donors (Lipinski definition) is 3. The van der Waals surface area contributed by atoms with Gasteiger partial charge in [0.15, 0.2) is 0 Å². The van der Waals surface area contributed by atoms with E-state index in [4.69, 9.17) is 5.73 Å². The second-order valence-corrected chi connectivity index (χ2v) is 6.98. The lowest BCUT2D eigenvalue weighted by Crippen LogP contribution is -2.30. The van der Waals surface area contributed by atoms with Crippen molar-refractivity contribution in [2.75, 3.05) is 12.4 Å². The highest BCUT2D eigenvalue weighted by Crippen LogP contribution is 2.17. The highest BCUT2D eigenvalue weighted by molar-refractivity contribution is 5.96. The lowest BCUT2D eigenvalue weighted by atomic mass is 10.1. The third-order valence-electron chi connectivity index (χ3n) is 4.63. The Kier molecular flexibility index (Phi) is 6.96. The number of benzene rings is 2. The molecule has 2 aromatic carbocycles. The fourth-order valence-electron chi connectivity index (χ4n) is 2.59. The first-order valence-corrected chi connectivity index (χ1v) is 9.00. The average molecular weight is 368 g/mol. The Bertz CT molecular complexity index is 818. The summed E-state index contributed by atoms with van der Waals surface area (Å²) in [7, 11) is 2.08. The largest absolute Gasteiger partial charge is 0.366 e. The summed E-state index contributed by atoms with van der Waals surface area (Å²) in [6.45, 7) is 7.39. The van der Waals surface area contributed by atoms with Crippen LogP contribution in [0.25, 0.3) is 0 Å². The molecule has 0 saturated heterocycles. The molecule has 4 N–H and O–H groups in total. The van der Waals surface area contributed by atoms with Gasteiger partial charge in [0.25, 0.3) is 0 Å². The number of hydrogen-bond acceptors (Lipinski definition) is 3. The van der Waals surface area contributed by atoms with Crippen LogP contribution in [0.5, 0.6) is 0 Å². The Morgan fingerprint density at radius 2 is 1.78 bits per heavy atom. The van der Waals surface area contributed by atoms with Gasteiger partial charge in [-0.3, -0.25) is 9.69 Å². The molecule has 0 aliphatic rings. The second kappa shape index (κ2) is 9.19. The van der Waals surface area contributed by atoms with E-state index in [1.54, 1.807) is 18.2 Å². The topological polar surface area (TPSA) is 87.5 Å². The van der Waals surface area contributed by atoms with Gasteiger partial charge >= 0.3 is 6.03 Å². The van der Waals surface area contributed by atoms with Crippen LogP contribution in [0.15, 0.2) is 42.5 Å². The summed E-state index contributed by atoms with van der Waals surface area (Å²) in [5.74, 6) is -0.526. The molecule has 0 aliphatic heterocycles. The van der Waals surface area contributed by atoms with Crippen molar-refractivity contribution < 1.29 is 9.59 Å². The summed E-state index contributed by atoms with van der Waals surface area (Å²) in [6.07, 6.45) is 0. The van der Waals surface area contributed by atoms with E-state index < -0.39 is 5.91 Å². The number of nitrogens with two attached hydrogens (primary N) is 1. The van der Waals surface area contributed by atoms with Crippen molar-refractivity contribution in [1.29, 1.82) is 0 Å². The number of amides is 3. The number of anilines is 1. The summed E-state index contributed by atoms with van der Waals surface area (Å²) in [5.41, 5.74) is 9.34. The van der Waals surface area contributed by atoms with Crippen LogP contribution in [-0.2, 0) is 13.1 Å². The summed E-state index contributed by atoms with van der Waals surface area (Å²) in [6, 6.07) is 13.2. The normalized spacial score (nSPS) is 10.9. The summed E-state index contributed by atoms with van der Waals surface area (Å²) in [5, 5.41) is 5.67. The Labute approximate surface area is 160 Å². The van der Waals surface area contributed by atoms with Crippen LogP contribution >= 0.6 is 0 Å². The Morgan fingerprint density at radius 1 is 1.11 bits per heavy atom. The fraction of sp³-hybridized carbons (Fsp3) is 0.333. The van der Waals surface area contributed by atoms with Gasteiger partial charge in [-0.15, -0.1) is 0 Å². The van der Waals surface area contributed by atoms with Gasteiger partial charge in [-0.05, 0) is 56.6 Å². The van der Waals surface area contributed by atoms with Gasteiger partial charge in [-0.2, -0.15) is 0 Å². The predicted molar refractivity (Wildman–Crippen MR) is 109 cm³/mol. The molecule has 0 aliphatic carbocycles. The zero-order chi connectivity index (χ0) is 20.0. The molecule has 6 heteroatoms. The van der Waals surface area contributed by atoms with Crippen LogP contribution in [0, 0.1) is 6.92 Å². The molecular formula is C21H28N4O2. The number of rotatable bonds is 7. The van der Waals surface area contributed by atoms with Gasteiger partial charge in [0.2, 0.25) is 5.91 Å². The molecule has 2 aromatic rings. The maximum absolute atomic E-state index is 12.3. The van der Waals surface area contributed by atoms with Crippen molar-refractivity contribution >= 4 is 17.6 Å². The molecule has 0 spiro atoms. The van der Waals surface area contributed by atoms with Gasteiger partial charge in [0.1, 0.15) is 0 Å². The molecule has 144 valence electrons. The molecule has 0 bridgehead atoms. The number of aryl methyl sites for hydroxylation is 1. The zero-order valence-corrected chi connectivity index (χ0v) is 16.4. The average Bonchev–Trinajstić information content (AvgIpc) is 2.62. The minimum atomic E-state index is -0.526. The SMILES string of the molecule is Cc1ccc(C(N)=O)cc1NC(=O)NCc1ccccc1CN(C)C(C)C. The number of carbonyl (C=O) groups is 2. The van der Waals surface area contributed by atoms with Gasteiger partial charge in [0, 0.05) is 30.4 Å². The Morgan fingerprint density at radius 3 is 2.41 bits per heavy atom. The molecular weight excluding hydrogens is 340 g/mol. The molecule has 0 fully saturated rings. The van der Waals surface area contributed by atoms with Crippen LogP contribution in [0.3, 0.4) is 0 Å². The number of carbonyl (C=O) groups excluding carboxylic acids is 2. The van der Waals surface area contributed by atoms with E-state index in [1.165, 1.54) is 5.56 Å². The van der Waals surface area contributed by atoms with Crippen molar-refractivity contribution in [2.24, 2.45) is 5.73 Å². The predicted octanol–water partition coefficient (Wildman–Crippen LogP) is 3.26. The third-order valence-corrected chi connectivity index (χ3v) is 4.63. The van der Waals surface area contributed by atoms with Crippen LogP contribution in [0.4, 0.5) is 10.5 Å². The van der Waals surface area contributed by atoms with E-state index in [2.05, 4.69) is 42.5 Å². The van der Waals surface area contributed by atoms with E-state index in [0.717, 1.165) is 17.7 Å². The Hall–Kier alpha value is -2.86. The van der Waals surface area contributed by atoms with Gasteiger partial charge in [0.05, 0.1) is 0 Å². The summed E-state index contributed by atoms with van der Waals surface area (Å²) >= 11 is 0. The Balaban J connectivity index is 2.02. The molecule has 0 aromatic heterocycles. The highest BCUT2D eigenvalue weighted by atomic mass is 16.2. The molecule has 0 unspecified atom stereocenters. The van der Waals surface area contributed by atoms with Gasteiger partial charge in [-0.25, -0.2) is 4.79 Å². The van der Waals surface area contributed by atoms with E-state index in [9.17, 15) is 9.59 Å². The van der Waals surface area contributed by atoms with Crippen LogP contribution in [-0.4, -0.2) is 29.9 Å². The fourth-order valence-corrected chi connectivity index (χ4v) is 2.59. The third kappa shape index (κ3) is 5.82. The minimum Gasteiger partial charge on any atom is -0.366 e. The van der Waals surface area contributed by atoms with Crippen LogP contribution < -0.4 is 16.4 Å². The van der Waals surface area contributed by atoms with Crippen molar-refractivity contribution in [3.05, 3.63) is 64.7 Å². The van der Waals surface area contributed by atoms with Crippen molar-refractivity contribution in [1.82, 2.24) is 10.2 Å². The highest BCUT2D eigenvalue weighted by Gasteiger charge is 2.11. The van der Waals surface area contributed by atoms with Crippen LogP contribution in [0.2, 0.25) is 0 Å². The van der Waals surface area contributed by atoms with Gasteiger partial charge < -0.3 is 16.4 Å². The number of nitrogens with one attached hydrogen (secondary N) is 2. The number of nitrogens with zero attached hydrogens (tertiary/aromatic N) is 1. The van der Waals surface area contributed by atoms with Crippen molar-refractivity contribution in [2.45, 2.75) is 39.9 Å². The van der Waals surface area contributed by atoms with Crippen molar-refractivity contribution in [3.63, 3.8) is 0 Å². The quantitative estimate of drug-likeness (QED) is 0.701. The smallest absolute Gasteiger partial charge is 0.319 e. The second-order valence-electron chi connectivity index (χ2n) is 6.98. The molecule has 0 saturated carbocycles. The van der Waals surface area contributed by atoms with Crippen LogP contribution in [0.1, 0.15) is 40.9 Å². The maximum atomic E-state index is 12.3. The summed E-state index contributed by atoms with van der Waals surface area (Å²) in [4.78, 5) is 25.9. The zero-order valence-electron chi connectivity index (χ0n) is 16.4. The first-order valence-electron chi connectivity index (χ1n) is 9.00. The molecule has 2 rings (SSSR count). The number of primary amides is 1. The van der Waals surface area contributed by atoms with E-state index in [-0.39, 0.29) is 6.03 Å². The lowest BCUT2D eigenvalue weighted by molar-refractivity contribution is 0.1000. The molecule has 27 heavy (non-hydrogen) atoms. The molecule has 0 atom stereocenters. The van der Waals surface area contributed by atoms with E-state index >= 15 is 0 Å². The van der Waals surface area contributed by atoms with Gasteiger partial charge in [-0.1, -0.05) is 30.3 Å². The van der Waals surface area contributed by atoms with E-state index in [1.807, 2.05) is 25.1 Å². The standard InChI is InChI=1S/C21H28N4O2/c1-14(2)25(4)13-18-8-6-5-7-17(18)12-23-21(27)24-19-11-16(20(22)26)10-9-15(19)3/h5-11,14H,12-13H2,1-4H3,(H2,22,26)(H2,23,24,27). The maximum Gasteiger partial charge on any atom is 0.319 e. The molecule has 0 radical (unpaired) electrons. The number of urea groups is 1. The first kappa shape index (κ1) is 20.5. The molecule has 0 heterocycles. The first-order chi connectivity index (χ1) is 12.8. The van der Waals surface area contributed by atoms with Crippen molar-refractivity contribution in [3.8, 4) is 0 Å². The molecule has 6 nitrogen and oxygen atoms in total. The lowest BCUT2D eigenvalue weighted by Gasteiger charge is -2.22. The minimum absolute atomic E-state index is 0.327. The van der Waals surface area contributed by atoms with E-state index in [0.29, 0.717) is 23.8 Å². The summed E-state index contributed by atoms with van der Waals surface area (Å²) < 4.78 is 0. The molecule has 3 amide bonds.